The fourth-order valence-electron chi connectivity index (χ4n) is 4.33. The van der Waals surface area contributed by atoms with Gasteiger partial charge in [0.15, 0.2) is 0 Å². The van der Waals surface area contributed by atoms with Crippen molar-refractivity contribution >= 4 is 28.5 Å². The van der Waals surface area contributed by atoms with Gasteiger partial charge in [-0.05, 0) is 68.0 Å². The Morgan fingerprint density at radius 2 is 1.75 bits per heavy atom. The van der Waals surface area contributed by atoms with Crippen molar-refractivity contribution in [1.29, 1.82) is 5.41 Å². The van der Waals surface area contributed by atoms with E-state index in [1.54, 1.807) is 35.9 Å². The zero-order valence-electron chi connectivity index (χ0n) is 19.5. The van der Waals surface area contributed by atoms with Gasteiger partial charge < -0.3 is 25.7 Å². The van der Waals surface area contributed by atoms with Gasteiger partial charge in [-0.2, -0.15) is 13.2 Å². The molecule has 0 amide bonds. The average Bonchev–Trinajstić information content (AvgIpc) is 3.23. The number of benzene rings is 3. The normalized spacial score (nSPS) is 13.5. The summed E-state index contributed by atoms with van der Waals surface area (Å²) in [5.74, 6) is -0.427. The van der Waals surface area contributed by atoms with Crippen LogP contribution in [0.1, 0.15) is 23.1 Å². The van der Waals surface area contributed by atoms with Crippen LogP contribution in [-0.4, -0.2) is 35.7 Å². The molecular formula is C27H26F4N4O. The number of anilines is 2. The highest BCUT2D eigenvalue weighted by Crippen LogP contribution is 2.47. The lowest BCUT2D eigenvalue weighted by atomic mass is 9.84. The molecule has 0 bridgehead atoms. The molecule has 1 unspecified atom stereocenters. The number of hydrogen-bond donors (Lipinski definition) is 4. The number of halogens is 4. The fraction of sp³-hybridized carbons (Fsp3) is 0.222. The molecular weight excluding hydrogens is 472 g/mol. The van der Waals surface area contributed by atoms with E-state index in [-0.39, 0.29) is 11.1 Å². The Labute approximate surface area is 205 Å². The topological polar surface area (TPSA) is 73.1 Å². The van der Waals surface area contributed by atoms with E-state index in [1.165, 1.54) is 42.6 Å². The number of nitrogens with zero attached hydrogens (tertiary/aromatic N) is 1. The van der Waals surface area contributed by atoms with Crippen molar-refractivity contribution in [2.75, 3.05) is 18.9 Å². The van der Waals surface area contributed by atoms with Crippen molar-refractivity contribution < 1.29 is 22.7 Å². The monoisotopic (exact) mass is 498 g/mol. The molecule has 0 saturated heterocycles. The summed E-state index contributed by atoms with van der Waals surface area (Å²) < 4.78 is 58.9. The third-order valence-corrected chi connectivity index (χ3v) is 6.16. The van der Waals surface area contributed by atoms with Gasteiger partial charge in [0.05, 0.1) is 0 Å². The maximum atomic E-state index is 14.7. The summed E-state index contributed by atoms with van der Waals surface area (Å²) in [6, 6.07) is 15.9. The number of hydrogen-bond acceptors (Lipinski definition) is 4. The number of aliphatic hydroxyl groups is 1. The molecule has 0 fully saturated rings. The fourth-order valence-corrected chi connectivity index (χ4v) is 4.33. The van der Waals surface area contributed by atoms with E-state index >= 15 is 0 Å². The Bertz CT molecular complexity index is 1360. The highest BCUT2D eigenvalue weighted by molar-refractivity contribution is 5.89. The van der Waals surface area contributed by atoms with E-state index in [0.717, 1.165) is 12.3 Å². The zero-order valence-corrected chi connectivity index (χ0v) is 19.5. The molecule has 4 aromatic rings. The lowest BCUT2D eigenvalue weighted by Crippen LogP contribution is -2.43. The third-order valence-electron chi connectivity index (χ3n) is 6.16. The van der Waals surface area contributed by atoms with Crippen molar-refractivity contribution in [3.63, 3.8) is 0 Å². The molecule has 0 spiro atoms. The van der Waals surface area contributed by atoms with Gasteiger partial charge in [-0.25, -0.2) is 4.39 Å². The number of para-hydroxylation sites is 1. The molecule has 1 heterocycles. The van der Waals surface area contributed by atoms with Crippen LogP contribution in [0.4, 0.5) is 28.9 Å². The second kappa shape index (κ2) is 10.1. The summed E-state index contributed by atoms with van der Waals surface area (Å²) in [5, 5.41) is 25.5. The molecule has 4 N–H and O–H groups in total. The van der Waals surface area contributed by atoms with Crippen LogP contribution in [0.15, 0.2) is 72.9 Å². The summed E-state index contributed by atoms with van der Waals surface area (Å²) in [5.41, 5.74) is -2.41. The van der Waals surface area contributed by atoms with Crippen LogP contribution in [0.2, 0.25) is 0 Å². The molecule has 4 rings (SSSR count). The predicted molar refractivity (Wildman–Crippen MR) is 134 cm³/mol. The molecule has 0 aliphatic carbocycles. The van der Waals surface area contributed by atoms with Crippen molar-refractivity contribution in [2.45, 2.75) is 24.7 Å². The Balaban J connectivity index is 1.83. The van der Waals surface area contributed by atoms with Gasteiger partial charge >= 0.3 is 6.18 Å². The first-order valence-electron chi connectivity index (χ1n) is 11.4. The third kappa shape index (κ3) is 4.72. The highest BCUT2D eigenvalue weighted by atomic mass is 19.4. The molecule has 0 aliphatic heterocycles. The van der Waals surface area contributed by atoms with Gasteiger partial charge in [0.1, 0.15) is 5.82 Å². The molecule has 5 nitrogen and oxygen atoms in total. The van der Waals surface area contributed by atoms with Gasteiger partial charge in [0.25, 0.3) is 0 Å². The van der Waals surface area contributed by atoms with Crippen LogP contribution in [0.25, 0.3) is 10.9 Å². The minimum absolute atomic E-state index is 0.136. The van der Waals surface area contributed by atoms with Crippen LogP contribution in [-0.2, 0) is 12.1 Å². The lowest BCUT2D eigenvalue weighted by molar-refractivity contribution is -0.247. The molecule has 3 aromatic carbocycles. The van der Waals surface area contributed by atoms with E-state index in [9.17, 15) is 22.7 Å². The number of aromatic nitrogens is 1. The van der Waals surface area contributed by atoms with Crippen LogP contribution in [0.3, 0.4) is 0 Å². The summed E-state index contributed by atoms with van der Waals surface area (Å²) in [4.78, 5) is 0. The minimum Gasteiger partial charge on any atom is -0.372 e. The van der Waals surface area contributed by atoms with E-state index < -0.39 is 23.2 Å². The van der Waals surface area contributed by atoms with Crippen molar-refractivity contribution in [3.8, 4) is 0 Å². The van der Waals surface area contributed by atoms with Gasteiger partial charge in [0, 0.05) is 52.4 Å². The van der Waals surface area contributed by atoms with Crippen molar-refractivity contribution in [2.24, 2.45) is 0 Å². The predicted octanol–water partition coefficient (Wildman–Crippen LogP) is 5.93. The smallest absolute Gasteiger partial charge is 0.372 e. The quantitative estimate of drug-likeness (QED) is 0.131. The number of aryl methyl sites for hydroxylation is 1. The standard InChI is InChI=1S/C27H26F4N4O/c1-33-13-4-14-35-17-23(22-5-2-3-6-25(22)35)26(36,27(29,30)31)19-7-12-24(18(15-19)16-32)34-21-10-8-20(28)9-11-21/h2-3,5-12,15-17,32-34,36H,4,13-14H2,1H3. The second-order valence-corrected chi connectivity index (χ2v) is 8.50. The molecule has 0 aliphatic rings. The van der Waals surface area contributed by atoms with Crippen LogP contribution in [0, 0.1) is 11.2 Å². The number of fused-ring (bicyclic) bond motifs is 1. The highest BCUT2D eigenvalue weighted by Gasteiger charge is 2.57. The number of nitrogens with one attached hydrogen (secondary N) is 3. The minimum atomic E-state index is -5.04. The molecule has 0 radical (unpaired) electrons. The second-order valence-electron chi connectivity index (χ2n) is 8.50. The van der Waals surface area contributed by atoms with E-state index in [4.69, 9.17) is 5.41 Å². The molecule has 36 heavy (non-hydrogen) atoms. The zero-order chi connectivity index (χ0) is 25.9. The summed E-state index contributed by atoms with van der Waals surface area (Å²) >= 11 is 0. The van der Waals surface area contributed by atoms with Gasteiger partial charge in [-0.3, -0.25) is 0 Å². The molecule has 1 aromatic heterocycles. The van der Waals surface area contributed by atoms with Crippen molar-refractivity contribution in [1.82, 2.24) is 9.88 Å². The largest absolute Gasteiger partial charge is 0.425 e. The van der Waals surface area contributed by atoms with E-state index in [2.05, 4.69) is 10.6 Å². The maximum absolute atomic E-state index is 14.7. The van der Waals surface area contributed by atoms with Gasteiger partial charge in [0.2, 0.25) is 5.60 Å². The maximum Gasteiger partial charge on any atom is 0.425 e. The Hall–Kier alpha value is -3.69. The Morgan fingerprint density at radius 1 is 1.03 bits per heavy atom. The van der Waals surface area contributed by atoms with Crippen molar-refractivity contribution in [3.05, 3.63) is 95.4 Å². The van der Waals surface area contributed by atoms with Crippen LogP contribution in [0.5, 0.6) is 0 Å². The van der Waals surface area contributed by atoms with Gasteiger partial charge in [-0.15, -0.1) is 0 Å². The summed E-state index contributed by atoms with van der Waals surface area (Å²) in [7, 11) is 1.80. The first-order chi connectivity index (χ1) is 17.2. The van der Waals surface area contributed by atoms with Crippen LogP contribution < -0.4 is 10.6 Å². The first-order valence-corrected chi connectivity index (χ1v) is 11.4. The Kier molecular flexibility index (Phi) is 7.14. The van der Waals surface area contributed by atoms with Crippen LogP contribution >= 0.6 is 0 Å². The van der Waals surface area contributed by atoms with Gasteiger partial charge in [-0.1, -0.05) is 24.3 Å². The van der Waals surface area contributed by atoms with E-state index in [0.29, 0.717) is 41.8 Å². The first kappa shape index (κ1) is 25.4. The molecule has 9 heteroatoms. The summed E-state index contributed by atoms with van der Waals surface area (Å²) in [6.45, 7) is 1.16. The lowest BCUT2D eigenvalue weighted by Gasteiger charge is -2.31. The number of alkyl halides is 3. The molecule has 188 valence electrons. The average molecular weight is 499 g/mol. The Morgan fingerprint density at radius 3 is 2.42 bits per heavy atom. The number of rotatable bonds is 9. The SMILES string of the molecule is CNCCCn1cc(C(O)(c2ccc(Nc3ccc(F)cc3)c(C=N)c2)C(F)(F)F)c2ccccc21. The molecule has 0 saturated carbocycles. The van der Waals surface area contributed by atoms with E-state index in [1.807, 2.05) is 0 Å². The summed E-state index contributed by atoms with van der Waals surface area (Å²) in [6.07, 6.45) is -2.07. The molecule has 1 atom stereocenters.